The molecular formula is C15H24N4O. The molecule has 1 aromatic heterocycles. The minimum absolute atomic E-state index is 0.384. The largest absolute Gasteiger partial charge is 0.374 e. The Hall–Kier alpha value is -1.36. The van der Waals surface area contributed by atoms with Crippen molar-refractivity contribution in [1.29, 1.82) is 0 Å². The van der Waals surface area contributed by atoms with E-state index in [1.165, 1.54) is 25.7 Å². The van der Waals surface area contributed by atoms with Gasteiger partial charge in [0.2, 0.25) is 0 Å². The lowest BCUT2D eigenvalue weighted by Crippen LogP contribution is -2.53. The zero-order valence-electron chi connectivity index (χ0n) is 12.4. The van der Waals surface area contributed by atoms with Crippen molar-refractivity contribution in [3.05, 3.63) is 11.9 Å². The molecule has 2 fully saturated rings. The van der Waals surface area contributed by atoms with Gasteiger partial charge in [-0.25, -0.2) is 9.97 Å². The van der Waals surface area contributed by atoms with Crippen molar-refractivity contribution in [2.24, 2.45) is 0 Å². The van der Waals surface area contributed by atoms with Crippen LogP contribution in [0.25, 0.3) is 0 Å². The first-order chi connectivity index (χ1) is 9.81. The van der Waals surface area contributed by atoms with Crippen LogP contribution in [0.2, 0.25) is 0 Å². The highest BCUT2D eigenvalue weighted by Crippen LogP contribution is 2.33. The molecule has 0 radical (unpaired) electrons. The van der Waals surface area contributed by atoms with Crippen LogP contribution in [-0.2, 0) is 4.74 Å². The summed E-state index contributed by atoms with van der Waals surface area (Å²) >= 11 is 0. The second-order valence-corrected chi connectivity index (χ2v) is 5.66. The number of morpholine rings is 1. The molecule has 1 aliphatic carbocycles. The lowest BCUT2D eigenvalue weighted by Gasteiger charge is -2.44. The van der Waals surface area contributed by atoms with E-state index in [0.29, 0.717) is 12.1 Å². The monoisotopic (exact) mass is 276 g/mol. The maximum atomic E-state index is 5.95. The van der Waals surface area contributed by atoms with Gasteiger partial charge in [-0.3, -0.25) is 0 Å². The summed E-state index contributed by atoms with van der Waals surface area (Å²) < 4.78 is 5.95. The number of aromatic nitrogens is 2. The van der Waals surface area contributed by atoms with Crippen molar-refractivity contribution >= 4 is 11.6 Å². The highest BCUT2D eigenvalue weighted by Gasteiger charge is 2.35. The molecule has 0 aromatic carbocycles. The van der Waals surface area contributed by atoms with Crippen LogP contribution in [0.1, 0.15) is 38.2 Å². The maximum absolute atomic E-state index is 5.95. The number of hydrogen-bond acceptors (Lipinski definition) is 5. The summed E-state index contributed by atoms with van der Waals surface area (Å²) in [4.78, 5) is 11.4. The summed E-state index contributed by atoms with van der Waals surface area (Å²) in [5.74, 6) is 2.03. The highest BCUT2D eigenvalue weighted by molar-refractivity contribution is 5.58. The van der Waals surface area contributed by atoms with E-state index in [-0.39, 0.29) is 0 Å². The fourth-order valence-electron chi connectivity index (χ4n) is 3.44. The molecule has 1 saturated heterocycles. The normalized spacial score (nSPS) is 26.2. The van der Waals surface area contributed by atoms with E-state index in [1.807, 2.05) is 0 Å². The Kier molecular flexibility index (Phi) is 4.05. The topological polar surface area (TPSA) is 50.3 Å². The standard InChI is InChI=1S/C15H24N4O/c1-3-16-14-11(2)15(18-10-17-14)19-8-9-20-13-7-5-4-6-12(13)19/h10,12-13H,3-9H2,1-2H3,(H,16,17,18). The summed E-state index contributed by atoms with van der Waals surface area (Å²) in [6.45, 7) is 6.83. The smallest absolute Gasteiger partial charge is 0.137 e. The molecule has 1 saturated carbocycles. The Morgan fingerprint density at radius 3 is 3.05 bits per heavy atom. The van der Waals surface area contributed by atoms with Crippen molar-refractivity contribution in [3.63, 3.8) is 0 Å². The molecule has 3 rings (SSSR count). The lowest BCUT2D eigenvalue weighted by molar-refractivity contribution is -0.00903. The Morgan fingerprint density at radius 1 is 1.35 bits per heavy atom. The first kappa shape index (κ1) is 13.6. The van der Waals surface area contributed by atoms with E-state index >= 15 is 0 Å². The van der Waals surface area contributed by atoms with Crippen molar-refractivity contribution in [3.8, 4) is 0 Å². The zero-order valence-corrected chi connectivity index (χ0v) is 12.4. The van der Waals surface area contributed by atoms with E-state index in [9.17, 15) is 0 Å². The Morgan fingerprint density at radius 2 is 2.20 bits per heavy atom. The van der Waals surface area contributed by atoms with Crippen LogP contribution in [0.5, 0.6) is 0 Å². The summed E-state index contributed by atoms with van der Waals surface area (Å²) in [6.07, 6.45) is 7.05. The van der Waals surface area contributed by atoms with Crippen LogP contribution < -0.4 is 10.2 Å². The quantitative estimate of drug-likeness (QED) is 0.918. The first-order valence-corrected chi connectivity index (χ1v) is 7.75. The molecule has 0 amide bonds. The van der Waals surface area contributed by atoms with Gasteiger partial charge in [0.25, 0.3) is 0 Å². The van der Waals surface area contributed by atoms with E-state index in [1.54, 1.807) is 6.33 Å². The number of nitrogens with one attached hydrogen (secondary N) is 1. The molecule has 1 aromatic rings. The molecule has 5 nitrogen and oxygen atoms in total. The number of rotatable bonds is 3. The van der Waals surface area contributed by atoms with Gasteiger partial charge in [-0.1, -0.05) is 12.8 Å². The van der Waals surface area contributed by atoms with Gasteiger partial charge in [0.05, 0.1) is 18.8 Å². The molecule has 2 unspecified atom stereocenters. The minimum Gasteiger partial charge on any atom is -0.374 e. The molecular weight excluding hydrogens is 252 g/mol. The second-order valence-electron chi connectivity index (χ2n) is 5.66. The minimum atomic E-state index is 0.384. The van der Waals surface area contributed by atoms with Gasteiger partial charge in [-0.15, -0.1) is 0 Å². The Balaban J connectivity index is 1.89. The molecule has 1 N–H and O–H groups in total. The zero-order chi connectivity index (χ0) is 13.9. The number of fused-ring (bicyclic) bond motifs is 1. The predicted molar refractivity (Wildman–Crippen MR) is 80.3 cm³/mol. The summed E-state index contributed by atoms with van der Waals surface area (Å²) in [5, 5.41) is 3.32. The van der Waals surface area contributed by atoms with Crippen molar-refractivity contribution in [1.82, 2.24) is 9.97 Å². The average Bonchev–Trinajstić information content (AvgIpc) is 2.49. The van der Waals surface area contributed by atoms with Crippen LogP contribution in [-0.4, -0.2) is 41.8 Å². The van der Waals surface area contributed by atoms with Crippen LogP contribution in [0, 0.1) is 6.92 Å². The third-order valence-electron chi connectivity index (χ3n) is 4.41. The highest BCUT2D eigenvalue weighted by atomic mass is 16.5. The van der Waals surface area contributed by atoms with Gasteiger partial charge < -0.3 is 15.0 Å². The van der Waals surface area contributed by atoms with Crippen molar-refractivity contribution in [2.45, 2.75) is 51.7 Å². The Bertz CT molecular complexity index is 463. The molecule has 2 atom stereocenters. The van der Waals surface area contributed by atoms with Gasteiger partial charge in [0.1, 0.15) is 18.0 Å². The van der Waals surface area contributed by atoms with Crippen molar-refractivity contribution in [2.75, 3.05) is 29.9 Å². The van der Waals surface area contributed by atoms with Crippen LogP contribution in [0.4, 0.5) is 11.6 Å². The molecule has 110 valence electrons. The molecule has 1 aliphatic heterocycles. The molecule has 2 aliphatic rings. The fraction of sp³-hybridized carbons (Fsp3) is 0.733. The van der Waals surface area contributed by atoms with Crippen LogP contribution in [0.15, 0.2) is 6.33 Å². The number of nitrogens with zero attached hydrogens (tertiary/aromatic N) is 3. The fourth-order valence-corrected chi connectivity index (χ4v) is 3.44. The van der Waals surface area contributed by atoms with E-state index in [0.717, 1.165) is 36.9 Å². The maximum Gasteiger partial charge on any atom is 0.137 e. The predicted octanol–water partition coefficient (Wildman–Crippen LogP) is 2.36. The molecule has 2 heterocycles. The summed E-state index contributed by atoms with van der Waals surface area (Å²) in [5.41, 5.74) is 1.15. The van der Waals surface area contributed by atoms with Crippen LogP contribution in [0.3, 0.4) is 0 Å². The van der Waals surface area contributed by atoms with Gasteiger partial charge in [0, 0.05) is 18.7 Å². The van der Waals surface area contributed by atoms with Crippen LogP contribution >= 0.6 is 0 Å². The third-order valence-corrected chi connectivity index (χ3v) is 4.41. The van der Waals surface area contributed by atoms with Gasteiger partial charge >= 0.3 is 0 Å². The molecule has 5 heteroatoms. The average molecular weight is 276 g/mol. The SMILES string of the molecule is CCNc1ncnc(N2CCOC3CCCCC32)c1C. The summed E-state index contributed by atoms with van der Waals surface area (Å²) in [6, 6.07) is 0.487. The molecule has 0 bridgehead atoms. The van der Waals surface area contributed by atoms with Gasteiger partial charge in [-0.05, 0) is 26.7 Å². The lowest BCUT2D eigenvalue weighted by atomic mass is 9.90. The number of hydrogen-bond donors (Lipinski definition) is 1. The van der Waals surface area contributed by atoms with Gasteiger partial charge in [-0.2, -0.15) is 0 Å². The molecule has 0 spiro atoms. The second kappa shape index (κ2) is 5.95. The number of anilines is 2. The third kappa shape index (κ3) is 2.46. The van der Waals surface area contributed by atoms with E-state index in [4.69, 9.17) is 4.74 Å². The first-order valence-electron chi connectivity index (χ1n) is 7.75. The molecule has 20 heavy (non-hydrogen) atoms. The number of ether oxygens (including phenoxy) is 1. The van der Waals surface area contributed by atoms with Gasteiger partial charge in [0.15, 0.2) is 0 Å². The van der Waals surface area contributed by atoms with E-state index < -0.39 is 0 Å². The Labute approximate surface area is 120 Å². The van der Waals surface area contributed by atoms with Crippen molar-refractivity contribution < 1.29 is 4.74 Å². The summed E-state index contributed by atoms with van der Waals surface area (Å²) in [7, 11) is 0. The van der Waals surface area contributed by atoms with E-state index in [2.05, 4.69) is 34.0 Å².